The fourth-order valence-corrected chi connectivity index (χ4v) is 3.58. The van der Waals surface area contributed by atoms with Crippen molar-refractivity contribution in [3.05, 3.63) is 59.2 Å². The molecule has 2 N–H and O–H groups in total. The first-order valence-electron chi connectivity index (χ1n) is 6.01. The number of nitrogens with zero attached hydrogens (tertiary/aromatic N) is 1. The summed E-state index contributed by atoms with van der Waals surface area (Å²) in [5, 5.41) is 8.82. The first-order chi connectivity index (χ1) is 9.44. The summed E-state index contributed by atoms with van der Waals surface area (Å²) in [6.45, 7) is 1.79. The van der Waals surface area contributed by atoms with Crippen molar-refractivity contribution in [2.24, 2.45) is 0 Å². The van der Waals surface area contributed by atoms with E-state index in [2.05, 4.69) is 0 Å². The lowest BCUT2D eigenvalue weighted by molar-refractivity contribution is 0.595. The Balaban J connectivity index is 2.40. The molecule has 4 nitrogen and oxygen atoms in total. The van der Waals surface area contributed by atoms with Crippen LogP contribution in [-0.2, 0) is 15.6 Å². The van der Waals surface area contributed by atoms with E-state index in [0.717, 1.165) is 5.56 Å². The number of aryl methyl sites for hydroxylation is 1. The fourth-order valence-electron chi connectivity index (χ4n) is 1.97. The molecule has 0 heterocycles. The van der Waals surface area contributed by atoms with Gasteiger partial charge in [-0.2, -0.15) is 5.26 Å². The molecule has 5 heteroatoms. The van der Waals surface area contributed by atoms with Gasteiger partial charge in [0.15, 0.2) is 9.84 Å². The van der Waals surface area contributed by atoms with Crippen LogP contribution in [-0.4, -0.2) is 8.42 Å². The minimum Gasteiger partial charge on any atom is -0.398 e. The molecule has 0 saturated heterocycles. The van der Waals surface area contributed by atoms with Gasteiger partial charge in [-0.15, -0.1) is 0 Å². The van der Waals surface area contributed by atoms with Crippen LogP contribution in [0.3, 0.4) is 0 Å². The Hall–Kier alpha value is -2.32. The molecule has 0 saturated carbocycles. The molecule has 20 heavy (non-hydrogen) atoms. The van der Waals surface area contributed by atoms with Crippen LogP contribution in [0.25, 0.3) is 0 Å². The molecule has 2 rings (SSSR count). The Kier molecular flexibility index (Phi) is 3.77. The standard InChI is InChI=1S/C15H14N2O2S/c1-11-8-12(9-16)6-7-13(11)10-20(18,19)15-5-3-2-4-14(15)17/h2-8H,10,17H2,1H3. The summed E-state index contributed by atoms with van der Waals surface area (Å²) >= 11 is 0. The average Bonchev–Trinajstić information content (AvgIpc) is 2.41. The largest absolute Gasteiger partial charge is 0.398 e. The van der Waals surface area contributed by atoms with Crippen LogP contribution in [0, 0.1) is 18.3 Å². The van der Waals surface area contributed by atoms with Gasteiger partial charge in [-0.05, 0) is 42.3 Å². The number of para-hydroxylation sites is 1. The van der Waals surface area contributed by atoms with Gasteiger partial charge in [-0.3, -0.25) is 0 Å². The Morgan fingerprint density at radius 3 is 2.50 bits per heavy atom. The highest BCUT2D eigenvalue weighted by Gasteiger charge is 2.19. The summed E-state index contributed by atoms with van der Waals surface area (Å²) in [6.07, 6.45) is 0. The highest BCUT2D eigenvalue weighted by atomic mass is 32.2. The molecule has 0 bridgehead atoms. The van der Waals surface area contributed by atoms with E-state index in [1.165, 1.54) is 6.07 Å². The zero-order valence-corrected chi connectivity index (χ0v) is 11.8. The third-order valence-corrected chi connectivity index (χ3v) is 4.80. The van der Waals surface area contributed by atoms with Crippen molar-refractivity contribution in [3.63, 3.8) is 0 Å². The van der Waals surface area contributed by atoms with E-state index < -0.39 is 9.84 Å². The lowest BCUT2D eigenvalue weighted by Gasteiger charge is -2.09. The highest BCUT2D eigenvalue weighted by Crippen LogP contribution is 2.23. The third kappa shape index (κ3) is 2.81. The molecule has 102 valence electrons. The number of rotatable bonds is 3. The Labute approximate surface area is 118 Å². The highest BCUT2D eigenvalue weighted by molar-refractivity contribution is 7.90. The van der Waals surface area contributed by atoms with Crippen molar-refractivity contribution in [2.75, 3.05) is 5.73 Å². The van der Waals surface area contributed by atoms with E-state index in [4.69, 9.17) is 11.0 Å². The molecule has 0 amide bonds. The number of nitriles is 1. The van der Waals surface area contributed by atoms with Gasteiger partial charge in [-0.25, -0.2) is 8.42 Å². The lowest BCUT2D eigenvalue weighted by atomic mass is 10.1. The Bertz CT molecular complexity index is 790. The molecular formula is C15H14N2O2S. The van der Waals surface area contributed by atoms with Crippen molar-refractivity contribution < 1.29 is 8.42 Å². The van der Waals surface area contributed by atoms with Gasteiger partial charge in [0.05, 0.1) is 28.0 Å². The second kappa shape index (κ2) is 5.35. The molecule has 2 aromatic rings. The van der Waals surface area contributed by atoms with Gasteiger partial charge in [0.2, 0.25) is 0 Å². The summed E-state index contributed by atoms with van der Waals surface area (Å²) in [5.74, 6) is -0.126. The van der Waals surface area contributed by atoms with E-state index >= 15 is 0 Å². The van der Waals surface area contributed by atoms with E-state index in [-0.39, 0.29) is 16.3 Å². The lowest BCUT2D eigenvalue weighted by Crippen LogP contribution is -2.08. The van der Waals surface area contributed by atoms with Crippen molar-refractivity contribution >= 4 is 15.5 Å². The molecular weight excluding hydrogens is 272 g/mol. The van der Waals surface area contributed by atoms with Crippen LogP contribution in [0.1, 0.15) is 16.7 Å². The quantitative estimate of drug-likeness (QED) is 0.878. The van der Waals surface area contributed by atoms with Crippen LogP contribution in [0.4, 0.5) is 5.69 Å². The van der Waals surface area contributed by atoms with Crippen LogP contribution in [0.5, 0.6) is 0 Å². The maximum atomic E-state index is 12.4. The van der Waals surface area contributed by atoms with E-state index in [1.54, 1.807) is 43.3 Å². The molecule has 0 spiro atoms. The number of nitrogens with two attached hydrogens (primary N) is 1. The number of hydrogen-bond acceptors (Lipinski definition) is 4. The minimum atomic E-state index is -3.49. The predicted octanol–water partition coefficient (Wildman–Crippen LogP) is 2.42. The van der Waals surface area contributed by atoms with Crippen LogP contribution in [0.2, 0.25) is 0 Å². The number of sulfone groups is 1. The van der Waals surface area contributed by atoms with Gasteiger partial charge in [0, 0.05) is 0 Å². The molecule has 0 fully saturated rings. The summed E-state index contributed by atoms with van der Waals surface area (Å²) < 4.78 is 24.8. The minimum absolute atomic E-state index is 0.126. The molecule has 0 unspecified atom stereocenters. The maximum absolute atomic E-state index is 12.4. The normalized spacial score (nSPS) is 11.0. The number of nitrogen functional groups attached to an aromatic ring is 1. The van der Waals surface area contributed by atoms with Crippen molar-refractivity contribution in [1.82, 2.24) is 0 Å². The average molecular weight is 286 g/mol. The Morgan fingerprint density at radius 1 is 1.20 bits per heavy atom. The third-order valence-electron chi connectivity index (χ3n) is 3.07. The van der Waals surface area contributed by atoms with E-state index in [1.807, 2.05) is 6.07 Å². The summed E-state index contributed by atoms with van der Waals surface area (Å²) in [7, 11) is -3.49. The van der Waals surface area contributed by atoms with Gasteiger partial charge in [0.25, 0.3) is 0 Å². The number of anilines is 1. The van der Waals surface area contributed by atoms with Crippen molar-refractivity contribution in [1.29, 1.82) is 5.26 Å². The molecule has 0 radical (unpaired) electrons. The second-order valence-corrected chi connectivity index (χ2v) is 6.51. The predicted molar refractivity (Wildman–Crippen MR) is 77.6 cm³/mol. The summed E-state index contributed by atoms with van der Waals surface area (Å²) in [4.78, 5) is 0.142. The Morgan fingerprint density at radius 2 is 1.90 bits per heavy atom. The van der Waals surface area contributed by atoms with Crippen molar-refractivity contribution in [2.45, 2.75) is 17.6 Å². The van der Waals surface area contributed by atoms with Crippen LogP contribution >= 0.6 is 0 Å². The van der Waals surface area contributed by atoms with Gasteiger partial charge < -0.3 is 5.73 Å². The van der Waals surface area contributed by atoms with E-state index in [9.17, 15) is 8.42 Å². The second-order valence-electron chi connectivity index (χ2n) is 4.55. The van der Waals surface area contributed by atoms with E-state index in [0.29, 0.717) is 11.1 Å². The zero-order chi connectivity index (χ0) is 14.8. The van der Waals surface area contributed by atoms with Crippen molar-refractivity contribution in [3.8, 4) is 6.07 Å². The molecule has 0 aliphatic carbocycles. The van der Waals surface area contributed by atoms with Gasteiger partial charge in [-0.1, -0.05) is 18.2 Å². The molecule has 0 aliphatic rings. The maximum Gasteiger partial charge on any atom is 0.184 e. The first-order valence-corrected chi connectivity index (χ1v) is 7.66. The van der Waals surface area contributed by atoms with Crippen LogP contribution < -0.4 is 5.73 Å². The first kappa shape index (κ1) is 14.1. The topological polar surface area (TPSA) is 84.0 Å². The number of benzene rings is 2. The molecule has 0 aromatic heterocycles. The monoisotopic (exact) mass is 286 g/mol. The molecule has 2 aromatic carbocycles. The van der Waals surface area contributed by atoms with Gasteiger partial charge >= 0.3 is 0 Å². The zero-order valence-electron chi connectivity index (χ0n) is 11.0. The fraction of sp³-hybridized carbons (Fsp3) is 0.133. The van der Waals surface area contributed by atoms with Gasteiger partial charge in [0.1, 0.15) is 0 Å². The summed E-state index contributed by atoms with van der Waals surface area (Å²) in [6, 6.07) is 13.4. The molecule has 0 aliphatic heterocycles. The summed E-state index contributed by atoms with van der Waals surface area (Å²) in [5.41, 5.74) is 7.94. The van der Waals surface area contributed by atoms with Crippen LogP contribution in [0.15, 0.2) is 47.4 Å². The SMILES string of the molecule is Cc1cc(C#N)ccc1CS(=O)(=O)c1ccccc1N. The molecule has 0 atom stereocenters. The number of hydrogen-bond donors (Lipinski definition) is 1. The smallest absolute Gasteiger partial charge is 0.184 e.